The van der Waals surface area contributed by atoms with Gasteiger partial charge in [0.15, 0.2) is 23.7 Å². The molecule has 0 unspecified atom stereocenters. The Labute approximate surface area is 129 Å². The minimum Gasteiger partial charge on any atom is -0.336 e. The first-order valence-electron chi connectivity index (χ1n) is 7.58. The number of ketones is 2. The fourth-order valence-electron chi connectivity index (χ4n) is 2.70. The van der Waals surface area contributed by atoms with Gasteiger partial charge in [-0.25, -0.2) is 4.98 Å². The van der Waals surface area contributed by atoms with E-state index in [9.17, 15) is 14.4 Å². The summed E-state index contributed by atoms with van der Waals surface area (Å²) in [7, 11) is 0. The molecule has 5 nitrogen and oxygen atoms in total. The summed E-state index contributed by atoms with van der Waals surface area (Å²) >= 11 is 0. The summed E-state index contributed by atoms with van der Waals surface area (Å²) in [6.07, 6.45) is 2.77. The van der Waals surface area contributed by atoms with Crippen molar-refractivity contribution >= 4 is 28.9 Å². The van der Waals surface area contributed by atoms with E-state index in [1.165, 1.54) is 0 Å². The Bertz CT molecular complexity index is 744. The molecule has 22 heavy (non-hydrogen) atoms. The van der Waals surface area contributed by atoms with E-state index in [-0.39, 0.29) is 17.4 Å². The Morgan fingerprint density at radius 3 is 2.27 bits per heavy atom. The molecule has 5 heteroatoms. The van der Waals surface area contributed by atoms with Gasteiger partial charge in [-0.2, -0.15) is 0 Å². The molecular weight excluding hydrogens is 280 g/mol. The molecule has 1 heterocycles. The van der Waals surface area contributed by atoms with E-state index in [1.54, 1.807) is 6.07 Å². The number of hydrogen-bond donors (Lipinski definition) is 1. The van der Waals surface area contributed by atoms with Gasteiger partial charge in [-0.3, -0.25) is 14.4 Å². The van der Waals surface area contributed by atoms with Crippen molar-refractivity contribution in [3.8, 4) is 0 Å². The van der Waals surface area contributed by atoms with Crippen LogP contribution in [0.3, 0.4) is 0 Å². The number of hydrogen-bond acceptors (Lipinski definition) is 4. The second kappa shape index (κ2) is 6.64. The van der Waals surface area contributed by atoms with Crippen molar-refractivity contribution in [1.29, 1.82) is 0 Å². The highest BCUT2D eigenvalue weighted by molar-refractivity contribution is 6.16. The molecule has 0 amide bonds. The lowest BCUT2D eigenvalue weighted by atomic mass is 9.91. The van der Waals surface area contributed by atoms with Crippen LogP contribution in [0.4, 0.5) is 0 Å². The maximum atomic E-state index is 12.5. The number of benzene rings is 1. The lowest BCUT2D eigenvalue weighted by Gasteiger charge is -2.11. The summed E-state index contributed by atoms with van der Waals surface area (Å²) in [4.78, 5) is 43.0. The quantitative estimate of drug-likeness (QED) is 0.625. The number of aldehydes is 1. The van der Waals surface area contributed by atoms with E-state index in [1.807, 2.05) is 20.8 Å². The highest BCUT2D eigenvalue weighted by atomic mass is 16.1. The normalized spacial score (nSPS) is 10.9. The summed E-state index contributed by atoms with van der Waals surface area (Å²) in [6, 6.07) is 1.78. The maximum absolute atomic E-state index is 12.5. The molecule has 0 atom stereocenters. The smallest absolute Gasteiger partial charge is 0.185 e. The molecule has 0 spiro atoms. The van der Waals surface area contributed by atoms with Crippen LogP contribution in [-0.2, 0) is 0 Å². The van der Waals surface area contributed by atoms with Crippen LogP contribution < -0.4 is 0 Å². The van der Waals surface area contributed by atoms with Gasteiger partial charge in [-0.15, -0.1) is 0 Å². The van der Waals surface area contributed by atoms with Gasteiger partial charge in [0.25, 0.3) is 0 Å². The summed E-state index contributed by atoms with van der Waals surface area (Å²) in [5, 5.41) is 0. The minimum atomic E-state index is -0.0976. The molecule has 0 saturated heterocycles. The van der Waals surface area contributed by atoms with E-state index < -0.39 is 0 Å². The Kier molecular flexibility index (Phi) is 4.85. The number of carbonyl (C=O) groups is 3. The third kappa shape index (κ3) is 2.84. The first-order valence-corrected chi connectivity index (χ1v) is 7.58. The highest BCUT2D eigenvalue weighted by Crippen LogP contribution is 2.27. The van der Waals surface area contributed by atoms with Crippen molar-refractivity contribution < 1.29 is 14.4 Å². The van der Waals surface area contributed by atoms with E-state index >= 15 is 0 Å². The van der Waals surface area contributed by atoms with Gasteiger partial charge in [0.05, 0.1) is 11.1 Å². The summed E-state index contributed by atoms with van der Waals surface area (Å²) in [6.45, 7) is 5.66. The molecule has 2 aromatic rings. The molecule has 1 aromatic carbocycles. The van der Waals surface area contributed by atoms with Crippen LogP contribution in [0.5, 0.6) is 0 Å². The number of aromatic nitrogens is 2. The van der Waals surface area contributed by atoms with E-state index in [2.05, 4.69) is 9.97 Å². The van der Waals surface area contributed by atoms with Crippen LogP contribution in [0.15, 0.2) is 6.07 Å². The lowest BCUT2D eigenvalue weighted by molar-refractivity contribution is 0.0949. The zero-order valence-corrected chi connectivity index (χ0v) is 13.2. The third-order valence-corrected chi connectivity index (χ3v) is 3.62. The Hall–Kier alpha value is -2.30. The number of aryl methyl sites for hydroxylation is 1. The fraction of sp³-hybridized carbons (Fsp3) is 0.412. The first-order chi connectivity index (χ1) is 10.5. The molecule has 2 rings (SSSR count). The maximum Gasteiger partial charge on any atom is 0.185 e. The predicted octanol–water partition coefficient (Wildman–Crippen LogP) is 3.65. The number of fused-ring (bicyclic) bond motifs is 1. The average Bonchev–Trinajstić information content (AvgIpc) is 2.88. The van der Waals surface area contributed by atoms with Gasteiger partial charge in [0, 0.05) is 18.4 Å². The van der Waals surface area contributed by atoms with Crippen molar-refractivity contribution in [1.82, 2.24) is 9.97 Å². The number of nitrogens with zero attached hydrogens (tertiary/aromatic N) is 1. The largest absolute Gasteiger partial charge is 0.336 e. The minimum absolute atomic E-state index is 0.0444. The molecule has 1 N–H and O–H groups in total. The molecule has 0 saturated carbocycles. The number of H-pyrrole nitrogens is 1. The molecular formula is C17H20N2O3. The second-order valence-electron chi connectivity index (χ2n) is 5.43. The van der Waals surface area contributed by atoms with Gasteiger partial charge in [0.1, 0.15) is 5.52 Å². The third-order valence-electron chi connectivity index (χ3n) is 3.62. The Balaban J connectivity index is 2.77. The second-order valence-corrected chi connectivity index (χ2v) is 5.43. The number of imidazole rings is 1. The first kappa shape index (κ1) is 16.1. The lowest BCUT2D eigenvalue weighted by Crippen LogP contribution is -2.12. The van der Waals surface area contributed by atoms with E-state index in [0.717, 1.165) is 12.0 Å². The molecule has 0 aliphatic heterocycles. The van der Waals surface area contributed by atoms with E-state index in [4.69, 9.17) is 0 Å². The number of Topliss-reactive ketones (excluding diaryl/α,β-unsaturated/α-hetero) is 2. The fourth-order valence-corrected chi connectivity index (χ4v) is 2.70. The van der Waals surface area contributed by atoms with Gasteiger partial charge < -0.3 is 4.98 Å². The molecule has 0 fully saturated rings. The van der Waals surface area contributed by atoms with Crippen molar-refractivity contribution in [2.75, 3.05) is 0 Å². The monoisotopic (exact) mass is 300 g/mol. The van der Waals surface area contributed by atoms with Crippen molar-refractivity contribution in [3.63, 3.8) is 0 Å². The van der Waals surface area contributed by atoms with Crippen LogP contribution in [0.25, 0.3) is 11.0 Å². The van der Waals surface area contributed by atoms with Crippen LogP contribution in [-0.4, -0.2) is 27.8 Å². The molecule has 116 valence electrons. The average molecular weight is 300 g/mol. The van der Waals surface area contributed by atoms with Crippen molar-refractivity contribution in [3.05, 3.63) is 28.6 Å². The van der Waals surface area contributed by atoms with Crippen molar-refractivity contribution in [2.24, 2.45) is 0 Å². The van der Waals surface area contributed by atoms with Crippen LogP contribution in [0, 0.1) is 6.92 Å². The van der Waals surface area contributed by atoms with Gasteiger partial charge in [-0.05, 0) is 31.4 Å². The summed E-state index contributed by atoms with van der Waals surface area (Å²) in [5.74, 6) is 0.0247. The molecule has 1 aromatic heterocycles. The van der Waals surface area contributed by atoms with Crippen LogP contribution >= 0.6 is 0 Å². The SMILES string of the molecule is CCCC(=O)c1c(C)cc2[nH]c(C=O)nc2c1C(=O)CCC. The van der Waals surface area contributed by atoms with Crippen LogP contribution in [0.1, 0.15) is 76.4 Å². The van der Waals surface area contributed by atoms with Gasteiger partial charge in [-0.1, -0.05) is 13.8 Å². The number of nitrogens with one attached hydrogen (secondary N) is 1. The van der Waals surface area contributed by atoms with E-state index in [0.29, 0.717) is 47.7 Å². The topological polar surface area (TPSA) is 79.9 Å². The molecule has 0 bridgehead atoms. The predicted molar refractivity (Wildman–Crippen MR) is 84.7 cm³/mol. The standard InChI is InChI=1S/C17H20N2O3/c1-4-6-12(21)15-10(3)8-11-17(19-14(9-20)18-11)16(15)13(22)7-5-2/h8-9H,4-7H2,1-3H3,(H,18,19). The van der Waals surface area contributed by atoms with Crippen LogP contribution in [0.2, 0.25) is 0 Å². The summed E-state index contributed by atoms with van der Waals surface area (Å²) < 4.78 is 0. The summed E-state index contributed by atoms with van der Waals surface area (Å²) in [5.41, 5.74) is 2.60. The molecule has 0 aliphatic rings. The Morgan fingerprint density at radius 2 is 1.73 bits per heavy atom. The zero-order chi connectivity index (χ0) is 16.3. The van der Waals surface area contributed by atoms with Crippen molar-refractivity contribution in [2.45, 2.75) is 46.5 Å². The number of rotatable bonds is 7. The number of carbonyl (C=O) groups excluding carboxylic acids is 3. The number of aromatic amines is 1. The zero-order valence-electron chi connectivity index (χ0n) is 13.2. The van der Waals surface area contributed by atoms with Gasteiger partial charge in [0.2, 0.25) is 0 Å². The highest BCUT2D eigenvalue weighted by Gasteiger charge is 2.23. The molecule has 0 aliphatic carbocycles. The molecule has 0 radical (unpaired) electrons. The Morgan fingerprint density at radius 1 is 1.14 bits per heavy atom. The van der Waals surface area contributed by atoms with Gasteiger partial charge >= 0.3 is 0 Å².